The van der Waals surface area contributed by atoms with Crippen molar-refractivity contribution < 1.29 is 9.21 Å². The van der Waals surface area contributed by atoms with Crippen LogP contribution in [0.1, 0.15) is 47.4 Å². The summed E-state index contributed by atoms with van der Waals surface area (Å²) in [4.78, 5) is 20.9. The molecule has 0 radical (unpaired) electrons. The van der Waals surface area contributed by atoms with E-state index < -0.39 is 0 Å². The minimum Gasteiger partial charge on any atom is -0.448 e. The van der Waals surface area contributed by atoms with Crippen LogP contribution in [0.15, 0.2) is 53.5 Å². The highest BCUT2D eigenvalue weighted by molar-refractivity contribution is 5.95. The van der Waals surface area contributed by atoms with Crippen LogP contribution in [0, 0.1) is 0 Å². The van der Waals surface area contributed by atoms with Gasteiger partial charge in [-0.15, -0.1) is 0 Å². The molecule has 0 saturated carbocycles. The largest absolute Gasteiger partial charge is 0.448 e. The monoisotopic (exact) mass is 309 g/mol. The van der Waals surface area contributed by atoms with Crippen molar-refractivity contribution in [1.29, 1.82) is 0 Å². The van der Waals surface area contributed by atoms with E-state index in [9.17, 15) is 4.79 Å². The van der Waals surface area contributed by atoms with E-state index in [1.165, 1.54) is 0 Å². The van der Waals surface area contributed by atoms with Crippen LogP contribution < -0.4 is 0 Å². The molecule has 5 nitrogen and oxygen atoms in total. The average Bonchev–Trinajstić information content (AvgIpc) is 3.17. The number of aromatic nitrogens is 3. The second-order valence-electron chi connectivity index (χ2n) is 5.80. The standard InChI is InChI=1S/C18H19N3O2/c1-13(2)15-12-23-18(20-15)10-17(22)16-4-3-9-21(16)11-14-5-7-19-8-6-14/h3-9,12-13H,10-11H2,1-2H3. The molecule has 0 atom stereocenters. The Morgan fingerprint density at radius 2 is 2.04 bits per heavy atom. The second kappa shape index (κ2) is 6.60. The van der Waals surface area contributed by atoms with Gasteiger partial charge in [-0.1, -0.05) is 13.8 Å². The summed E-state index contributed by atoms with van der Waals surface area (Å²) < 4.78 is 7.34. The summed E-state index contributed by atoms with van der Waals surface area (Å²) in [6.07, 6.45) is 7.21. The summed E-state index contributed by atoms with van der Waals surface area (Å²) in [5, 5.41) is 0. The Bertz CT molecular complexity index is 787. The van der Waals surface area contributed by atoms with Crippen molar-refractivity contribution in [1.82, 2.24) is 14.5 Å². The summed E-state index contributed by atoms with van der Waals surface area (Å²) in [7, 11) is 0. The molecule has 5 heteroatoms. The molecular formula is C18H19N3O2. The SMILES string of the molecule is CC(C)c1coc(CC(=O)c2cccn2Cc2ccncc2)n1. The highest BCUT2D eigenvalue weighted by Crippen LogP contribution is 2.15. The molecule has 3 aromatic rings. The molecule has 3 rings (SSSR count). The number of ketones is 1. The first-order valence-corrected chi connectivity index (χ1v) is 7.65. The van der Waals surface area contributed by atoms with Crippen molar-refractivity contribution in [2.75, 3.05) is 0 Å². The van der Waals surface area contributed by atoms with E-state index in [0.717, 1.165) is 11.3 Å². The first-order valence-electron chi connectivity index (χ1n) is 7.65. The van der Waals surface area contributed by atoms with E-state index in [4.69, 9.17) is 4.42 Å². The Hall–Kier alpha value is -2.69. The lowest BCUT2D eigenvalue weighted by Crippen LogP contribution is -2.12. The van der Waals surface area contributed by atoms with E-state index in [0.29, 0.717) is 18.1 Å². The third-order valence-corrected chi connectivity index (χ3v) is 3.69. The van der Waals surface area contributed by atoms with Crippen LogP contribution >= 0.6 is 0 Å². The van der Waals surface area contributed by atoms with E-state index in [-0.39, 0.29) is 18.1 Å². The van der Waals surface area contributed by atoms with Gasteiger partial charge >= 0.3 is 0 Å². The Kier molecular flexibility index (Phi) is 4.37. The Morgan fingerprint density at radius 3 is 2.74 bits per heavy atom. The molecule has 0 bridgehead atoms. The van der Waals surface area contributed by atoms with Crippen molar-refractivity contribution in [2.24, 2.45) is 0 Å². The zero-order chi connectivity index (χ0) is 16.2. The van der Waals surface area contributed by atoms with Crippen LogP contribution in [0.2, 0.25) is 0 Å². The Morgan fingerprint density at radius 1 is 1.26 bits per heavy atom. The maximum absolute atomic E-state index is 12.5. The summed E-state index contributed by atoms with van der Waals surface area (Å²) >= 11 is 0. The molecule has 23 heavy (non-hydrogen) atoms. The summed E-state index contributed by atoms with van der Waals surface area (Å²) in [5.74, 6) is 0.759. The second-order valence-corrected chi connectivity index (χ2v) is 5.80. The van der Waals surface area contributed by atoms with E-state index in [2.05, 4.69) is 9.97 Å². The quantitative estimate of drug-likeness (QED) is 0.654. The van der Waals surface area contributed by atoms with Gasteiger partial charge in [-0.05, 0) is 35.7 Å². The highest BCUT2D eigenvalue weighted by atomic mass is 16.3. The third-order valence-electron chi connectivity index (χ3n) is 3.69. The molecule has 0 N–H and O–H groups in total. The van der Waals surface area contributed by atoms with Gasteiger partial charge in [0.1, 0.15) is 6.26 Å². The fourth-order valence-corrected chi connectivity index (χ4v) is 2.39. The topological polar surface area (TPSA) is 60.9 Å². The van der Waals surface area contributed by atoms with Gasteiger partial charge in [0.2, 0.25) is 5.89 Å². The molecule has 0 amide bonds. The predicted octanol–water partition coefficient (Wildman–Crippen LogP) is 3.47. The van der Waals surface area contributed by atoms with E-state index >= 15 is 0 Å². The van der Waals surface area contributed by atoms with Crippen LogP contribution in [0.5, 0.6) is 0 Å². The normalized spacial score (nSPS) is 11.1. The molecule has 0 fully saturated rings. The Balaban J connectivity index is 1.74. The van der Waals surface area contributed by atoms with Gasteiger partial charge in [-0.3, -0.25) is 9.78 Å². The fraction of sp³-hybridized carbons (Fsp3) is 0.278. The maximum Gasteiger partial charge on any atom is 0.202 e. The number of nitrogens with zero attached hydrogens (tertiary/aromatic N) is 3. The van der Waals surface area contributed by atoms with Gasteiger partial charge in [0.15, 0.2) is 5.78 Å². The summed E-state index contributed by atoms with van der Waals surface area (Å²) in [5.41, 5.74) is 2.63. The van der Waals surface area contributed by atoms with Crippen molar-refractivity contribution in [3.05, 3.63) is 72.0 Å². The molecule has 0 aliphatic rings. The van der Waals surface area contributed by atoms with Crippen molar-refractivity contribution >= 4 is 5.78 Å². The average molecular weight is 309 g/mol. The molecule has 3 heterocycles. The maximum atomic E-state index is 12.5. The molecule has 0 aliphatic carbocycles. The minimum atomic E-state index is 0.00112. The molecule has 3 aromatic heterocycles. The van der Waals surface area contributed by atoms with Gasteiger partial charge in [0, 0.05) is 25.1 Å². The Labute approximate surface area is 135 Å². The van der Waals surface area contributed by atoms with Gasteiger partial charge in [0.25, 0.3) is 0 Å². The summed E-state index contributed by atoms with van der Waals surface area (Å²) in [6.45, 7) is 4.73. The number of oxazole rings is 1. The predicted molar refractivity (Wildman–Crippen MR) is 86.4 cm³/mol. The molecule has 0 aliphatic heterocycles. The lowest BCUT2D eigenvalue weighted by molar-refractivity contribution is 0.0977. The zero-order valence-corrected chi connectivity index (χ0v) is 13.3. The van der Waals surface area contributed by atoms with Crippen LogP contribution in [0.4, 0.5) is 0 Å². The number of hydrogen-bond acceptors (Lipinski definition) is 4. The fourth-order valence-electron chi connectivity index (χ4n) is 2.39. The number of carbonyl (C=O) groups excluding carboxylic acids is 1. The van der Waals surface area contributed by atoms with Crippen LogP contribution in [0.3, 0.4) is 0 Å². The van der Waals surface area contributed by atoms with Gasteiger partial charge < -0.3 is 8.98 Å². The van der Waals surface area contributed by atoms with Gasteiger partial charge in [-0.2, -0.15) is 0 Å². The highest BCUT2D eigenvalue weighted by Gasteiger charge is 2.16. The number of carbonyl (C=O) groups is 1. The molecule has 0 unspecified atom stereocenters. The van der Waals surface area contributed by atoms with Crippen molar-refractivity contribution in [3.63, 3.8) is 0 Å². The van der Waals surface area contributed by atoms with Crippen LogP contribution in [-0.2, 0) is 13.0 Å². The van der Waals surface area contributed by atoms with Crippen molar-refractivity contribution in [2.45, 2.75) is 32.7 Å². The van der Waals surface area contributed by atoms with E-state index in [1.54, 1.807) is 18.7 Å². The molecule has 0 saturated heterocycles. The lowest BCUT2D eigenvalue weighted by Gasteiger charge is -2.07. The molecule has 118 valence electrons. The number of hydrogen-bond donors (Lipinski definition) is 0. The first kappa shape index (κ1) is 15.2. The molecule has 0 spiro atoms. The van der Waals surface area contributed by atoms with Gasteiger partial charge in [-0.25, -0.2) is 4.98 Å². The van der Waals surface area contributed by atoms with Crippen molar-refractivity contribution in [3.8, 4) is 0 Å². The third kappa shape index (κ3) is 3.56. The number of rotatable bonds is 6. The smallest absolute Gasteiger partial charge is 0.202 e. The van der Waals surface area contributed by atoms with Crippen LogP contribution in [-0.4, -0.2) is 20.3 Å². The minimum absolute atomic E-state index is 0.00112. The molecule has 0 aromatic carbocycles. The zero-order valence-electron chi connectivity index (χ0n) is 13.3. The van der Waals surface area contributed by atoms with Crippen LogP contribution in [0.25, 0.3) is 0 Å². The molecular weight excluding hydrogens is 290 g/mol. The number of Topliss-reactive ketones (excluding diaryl/α,β-unsaturated/α-hetero) is 1. The van der Waals surface area contributed by atoms with E-state index in [1.807, 2.05) is 48.9 Å². The number of pyridine rings is 1. The first-order chi connectivity index (χ1) is 11.1. The summed E-state index contributed by atoms with van der Waals surface area (Å²) in [6, 6.07) is 7.59. The van der Waals surface area contributed by atoms with Gasteiger partial charge in [0.05, 0.1) is 17.8 Å². The lowest BCUT2D eigenvalue weighted by atomic mass is 10.1.